The molecule has 2 aliphatic heterocycles. The molecule has 4 rings (SSSR count). The highest BCUT2D eigenvalue weighted by Crippen LogP contribution is 2.32. The standard InChI is InChI=1S/C19H29N5O2S/c1-22-16(20-21-19(22)27)14-8-4-10-23(12-14)18(26)15-9-5-11-24(15)17(25)13-6-2-3-7-13/h13-15H,2-12H2,1H3,(H,21,27). The van der Waals surface area contributed by atoms with E-state index in [0.29, 0.717) is 11.3 Å². The number of nitrogens with zero attached hydrogens (tertiary/aromatic N) is 4. The molecule has 1 aromatic heterocycles. The molecule has 27 heavy (non-hydrogen) atoms. The number of hydrogen-bond donors (Lipinski definition) is 1. The maximum Gasteiger partial charge on any atom is 0.245 e. The van der Waals surface area contributed by atoms with Crippen LogP contribution < -0.4 is 0 Å². The Balaban J connectivity index is 1.45. The lowest BCUT2D eigenvalue weighted by Gasteiger charge is -2.36. The first-order valence-electron chi connectivity index (χ1n) is 10.3. The van der Waals surface area contributed by atoms with Gasteiger partial charge in [0.15, 0.2) is 4.77 Å². The van der Waals surface area contributed by atoms with E-state index in [1.807, 2.05) is 21.4 Å². The van der Waals surface area contributed by atoms with Crippen LogP contribution in [-0.4, -0.2) is 62.1 Å². The van der Waals surface area contributed by atoms with E-state index in [1.54, 1.807) is 0 Å². The van der Waals surface area contributed by atoms with Crippen molar-refractivity contribution >= 4 is 24.0 Å². The minimum atomic E-state index is -0.265. The quantitative estimate of drug-likeness (QED) is 0.803. The van der Waals surface area contributed by atoms with Gasteiger partial charge in [-0.25, -0.2) is 0 Å². The van der Waals surface area contributed by atoms with Crippen molar-refractivity contribution in [3.63, 3.8) is 0 Å². The van der Waals surface area contributed by atoms with Crippen molar-refractivity contribution in [2.75, 3.05) is 19.6 Å². The third-order valence-corrected chi connectivity index (χ3v) is 6.90. The second kappa shape index (κ2) is 7.73. The molecule has 3 heterocycles. The maximum atomic E-state index is 13.3. The van der Waals surface area contributed by atoms with E-state index < -0.39 is 0 Å². The van der Waals surface area contributed by atoms with E-state index in [1.165, 1.54) is 0 Å². The first kappa shape index (κ1) is 18.7. The molecule has 1 saturated carbocycles. The van der Waals surface area contributed by atoms with Crippen LogP contribution in [0.2, 0.25) is 0 Å². The molecule has 0 radical (unpaired) electrons. The van der Waals surface area contributed by atoms with Crippen molar-refractivity contribution in [1.29, 1.82) is 0 Å². The summed E-state index contributed by atoms with van der Waals surface area (Å²) < 4.78 is 2.51. The summed E-state index contributed by atoms with van der Waals surface area (Å²) >= 11 is 5.23. The summed E-state index contributed by atoms with van der Waals surface area (Å²) in [4.78, 5) is 30.0. The van der Waals surface area contributed by atoms with Crippen LogP contribution in [-0.2, 0) is 16.6 Å². The molecule has 7 nitrogen and oxygen atoms in total. The van der Waals surface area contributed by atoms with Gasteiger partial charge in [-0.2, -0.15) is 5.10 Å². The van der Waals surface area contributed by atoms with Crippen LogP contribution in [0.25, 0.3) is 0 Å². The van der Waals surface area contributed by atoms with Crippen LogP contribution in [0.15, 0.2) is 0 Å². The predicted octanol–water partition coefficient (Wildman–Crippen LogP) is 2.36. The van der Waals surface area contributed by atoms with Crippen molar-refractivity contribution in [3.05, 3.63) is 10.6 Å². The summed E-state index contributed by atoms with van der Waals surface area (Å²) in [7, 11) is 1.92. The number of hydrogen-bond acceptors (Lipinski definition) is 4. The Kier molecular flexibility index (Phi) is 5.34. The molecule has 8 heteroatoms. The summed E-state index contributed by atoms with van der Waals surface area (Å²) in [5, 5.41) is 7.22. The zero-order valence-electron chi connectivity index (χ0n) is 16.0. The second-order valence-electron chi connectivity index (χ2n) is 8.24. The van der Waals surface area contributed by atoms with Crippen molar-refractivity contribution < 1.29 is 9.59 Å². The largest absolute Gasteiger partial charge is 0.340 e. The van der Waals surface area contributed by atoms with Crippen LogP contribution >= 0.6 is 12.2 Å². The van der Waals surface area contributed by atoms with Crippen molar-refractivity contribution in [3.8, 4) is 0 Å². The highest BCUT2D eigenvalue weighted by atomic mass is 32.1. The van der Waals surface area contributed by atoms with Crippen LogP contribution in [0.1, 0.15) is 63.1 Å². The highest BCUT2D eigenvalue weighted by Gasteiger charge is 2.40. The molecule has 1 aliphatic carbocycles. The number of piperidine rings is 1. The van der Waals surface area contributed by atoms with Gasteiger partial charge in [0.25, 0.3) is 0 Å². The van der Waals surface area contributed by atoms with Gasteiger partial charge in [0.2, 0.25) is 11.8 Å². The monoisotopic (exact) mass is 391 g/mol. The topological polar surface area (TPSA) is 74.2 Å². The summed E-state index contributed by atoms with van der Waals surface area (Å²) in [5.74, 6) is 1.59. The van der Waals surface area contributed by atoms with E-state index >= 15 is 0 Å². The Morgan fingerprint density at radius 2 is 1.78 bits per heavy atom. The molecular formula is C19H29N5O2S. The Morgan fingerprint density at radius 3 is 2.48 bits per heavy atom. The molecule has 1 aromatic rings. The molecule has 1 N–H and O–H groups in total. The molecular weight excluding hydrogens is 362 g/mol. The minimum Gasteiger partial charge on any atom is -0.340 e. The number of amides is 2. The smallest absolute Gasteiger partial charge is 0.245 e. The molecule has 2 atom stereocenters. The van der Waals surface area contributed by atoms with Gasteiger partial charge in [-0.1, -0.05) is 12.8 Å². The van der Waals surface area contributed by atoms with E-state index in [0.717, 1.165) is 70.3 Å². The number of rotatable bonds is 3. The van der Waals surface area contributed by atoms with Crippen LogP contribution in [0.3, 0.4) is 0 Å². The fraction of sp³-hybridized carbons (Fsp3) is 0.789. The van der Waals surface area contributed by atoms with Crippen LogP contribution in [0.4, 0.5) is 0 Å². The predicted molar refractivity (Wildman–Crippen MR) is 104 cm³/mol. The number of H-pyrrole nitrogens is 1. The first-order valence-corrected chi connectivity index (χ1v) is 10.7. The summed E-state index contributed by atoms with van der Waals surface area (Å²) in [5.41, 5.74) is 0. The number of aromatic amines is 1. The molecule has 2 unspecified atom stereocenters. The van der Waals surface area contributed by atoms with Gasteiger partial charge in [-0.05, 0) is 50.7 Å². The average Bonchev–Trinajstić information content (AvgIpc) is 3.43. The Hall–Kier alpha value is -1.70. The van der Waals surface area contributed by atoms with Gasteiger partial charge in [0.05, 0.1) is 0 Å². The average molecular weight is 392 g/mol. The summed E-state index contributed by atoms with van der Waals surface area (Å²) in [6.45, 7) is 2.16. The van der Waals surface area contributed by atoms with E-state index in [-0.39, 0.29) is 29.7 Å². The van der Waals surface area contributed by atoms with Crippen LogP contribution in [0.5, 0.6) is 0 Å². The summed E-state index contributed by atoms with van der Waals surface area (Å²) in [6, 6.07) is -0.265. The molecule has 3 fully saturated rings. The normalized spacial score (nSPS) is 26.7. The van der Waals surface area contributed by atoms with Gasteiger partial charge in [0.1, 0.15) is 11.9 Å². The lowest BCUT2D eigenvalue weighted by Crippen LogP contribution is -2.51. The molecule has 0 aromatic carbocycles. The maximum absolute atomic E-state index is 13.3. The van der Waals surface area contributed by atoms with Crippen molar-refractivity contribution in [2.45, 2.75) is 63.3 Å². The van der Waals surface area contributed by atoms with Crippen LogP contribution in [0, 0.1) is 10.7 Å². The number of nitrogens with one attached hydrogen (secondary N) is 1. The minimum absolute atomic E-state index is 0.125. The fourth-order valence-electron chi connectivity index (χ4n) is 5.02. The zero-order chi connectivity index (χ0) is 19.0. The number of aromatic nitrogens is 3. The third-order valence-electron chi connectivity index (χ3n) is 6.54. The Morgan fingerprint density at radius 1 is 1.04 bits per heavy atom. The number of carbonyl (C=O) groups is 2. The lowest BCUT2D eigenvalue weighted by molar-refractivity contribution is -0.146. The van der Waals surface area contributed by atoms with Crippen molar-refractivity contribution in [1.82, 2.24) is 24.6 Å². The fourth-order valence-corrected chi connectivity index (χ4v) is 5.16. The van der Waals surface area contributed by atoms with Gasteiger partial charge in [-0.15, -0.1) is 0 Å². The molecule has 2 amide bonds. The van der Waals surface area contributed by atoms with Gasteiger partial charge in [-0.3, -0.25) is 14.7 Å². The third kappa shape index (κ3) is 3.56. The lowest BCUT2D eigenvalue weighted by atomic mass is 9.96. The summed E-state index contributed by atoms with van der Waals surface area (Å²) in [6.07, 6.45) is 7.95. The molecule has 0 bridgehead atoms. The SMILES string of the molecule is Cn1c(C2CCCN(C(=O)C3CCCN3C(=O)C3CCCC3)C2)n[nH]c1=S. The Bertz CT molecular complexity index is 766. The zero-order valence-corrected chi connectivity index (χ0v) is 16.8. The van der Waals surface area contributed by atoms with Gasteiger partial charge in [0, 0.05) is 38.5 Å². The molecule has 2 saturated heterocycles. The molecule has 3 aliphatic rings. The molecule has 0 spiro atoms. The second-order valence-corrected chi connectivity index (χ2v) is 8.63. The molecule has 148 valence electrons. The highest BCUT2D eigenvalue weighted by molar-refractivity contribution is 7.71. The van der Waals surface area contributed by atoms with E-state index in [9.17, 15) is 9.59 Å². The number of carbonyl (C=O) groups excluding carboxylic acids is 2. The Labute approximate surface area is 165 Å². The first-order chi connectivity index (χ1) is 13.1. The van der Waals surface area contributed by atoms with Gasteiger partial charge >= 0.3 is 0 Å². The van der Waals surface area contributed by atoms with Gasteiger partial charge < -0.3 is 14.4 Å². The van der Waals surface area contributed by atoms with Crippen molar-refractivity contribution in [2.24, 2.45) is 13.0 Å². The van der Waals surface area contributed by atoms with E-state index in [4.69, 9.17) is 12.2 Å². The van der Waals surface area contributed by atoms with E-state index in [2.05, 4.69) is 10.2 Å². The number of likely N-dealkylation sites (tertiary alicyclic amines) is 2.